The Labute approximate surface area is 123 Å². The van der Waals surface area contributed by atoms with Gasteiger partial charge in [-0.25, -0.2) is 0 Å². The topological polar surface area (TPSA) is 12.0 Å². The van der Waals surface area contributed by atoms with Crippen LogP contribution in [0.3, 0.4) is 0 Å². The molecule has 1 N–H and O–H groups in total. The molecule has 1 rings (SSSR count). The number of hydrogen-bond acceptors (Lipinski definition) is 2. The first kappa shape index (κ1) is 17.4. The maximum atomic E-state index is 12.2. The fourth-order valence-corrected chi connectivity index (χ4v) is 2.76. The Morgan fingerprint density at radius 3 is 1.85 bits per heavy atom. The van der Waals surface area contributed by atoms with Crippen LogP contribution >= 0.6 is 11.8 Å². The van der Waals surface area contributed by atoms with Crippen LogP contribution in [0.2, 0.25) is 0 Å². The molecule has 1 aromatic carbocycles. The number of nitrogens with one attached hydrogen (secondary N) is 1. The first-order valence-corrected chi connectivity index (χ1v) is 7.75. The first-order valence-electron chi connectivity index (χ1n) is 6.94. The average molecular weight is 305 g/mol. The van der Waals surface area contributed by atoms with E-state index >= 15 is 0 Å². The van der Waals surface area contributed by atoms with Gasteiger partial charge in [0.25, 0.3) is 0 Å². The summed E-state index contributed by atoms with van der Waals surface area (Å²) in [6, 6.07) is 6.57. The van der Waals surface area contributed by atoms with Crippen LogP contribution in [-0.2, 0) is 6.54 Å². The number of benzene rings is 1. The van der Waals surface area contributed by atoms with E-state index in [1.807, 2.05) is 0 Å². The van der Waals surface area contributed by atoms with Gasteiger partial charge < -0.3 is 5.32 Å². The second kappa shape index (κ2) is 7.36. The van der Waals surface area contributed by atoms with Crippen molar-refractivity contribution in [3.63, 3.8) is 0 Å². The highest BCUT2D eigenvalue weighted by Crippen LogP contribution is 2.36. The third-order valence-electron chi connectivity index (χ3n) is 3.85. The van der Waals surface area contributed by atoms with Crippen LogP contribution in [0.1, 0.15) is 45.6 Å². The number of alkyl halides is 3. The predicted molar refractivity (Wildman–Crippen MR) is 78.8 cm³/mol. The monoisotopic (exact) mass is 305 g/mol. The predicted octanol–water partition coefficient (Wildman–Crippen LogP) is 5.36. The van der Waals surface area contributed by atoms with E-state index in [0.29, 0.717) is 6.54 Å². The largest absolute Gasteiger partial charge is 0.446 e. The average Bonchev–Trinajstić information content (AvgIpc) is 2.41. The molecule has 1 nitrogen and oxygen atoms in total. The van der Waals surface area contributed by atoms with Gasteiger partial charge in [0.2, 0.25) is 0 Å². The van der Waals surface area contributed by atoms with Crippen molar-refractivity contribution in [1.29, 1.82) is 0 Å². The van der Waals surface area contributed by atoms with Crippen LogP contribution in [0.25, 0.3) is 0 Å². The van der Waals surface area contributed by atoms with Gasteiger partial charge in [0.05, 0.1) is 0 Å². The zero-order valence-corrected chi connectivity index (χ0v) is 13.0. The summed E-state index contributed by atoms with van der Waals surface area (Å²) < 4.78 is 36.7. The van der Waals surface area contributed by atoms with Crippen molar-refractivity contribution < 1.29 is 13.2 Å². The number of thioether (sulfide) groups is 1. The standard InChI is InChI=1S/C15H22F3NS/c1-4-14(5-2,6-3)19-11-12-7-9-13(10-8-12)20-15(16,17)18/h7-10,19H,4-6,11H2,1-3H3. The molecular formula is C15H22F3NS. The highest BCUT2D eigenvalue weighted by Gasteiger charge is 2.29. The minimum atomic E-state index is -4.22. The van der Waals surface area contributed by atoms with Crippen molar-refractivity contribution in [2.24, 2.45) is 0 Å². The van der Waals surface area contributed by atoms with E-state index in [0.717, 1.165) is 24.8 Å². The van der Waals surface area contributed by atoms with Crippen LogP contribution < -0.4 is 5.32 Å². The fraction of sp³-hybridized carbons (Fsp3) is 0.600. The van der Waals surface area contributed by atoms with Crippen LogP contribution in [0, 0.1) is 0 Å². The smallest absolute Gasteiger partial charge is 0.307 e. The lowest BCUT2D eigenvalue weighted by Crippen LogP contribution is -2.43. The van der Waals surface area contributed by atoms with Crippen LogP contribution in [0.5, 0.6) is 0 Å². The van der Waals surface area contributed by atoms with E-state index in [1.54, 1.807) is 12.1 Å². The zero-order valence-electron chi connectivity index (χ0n) is 12.2. The number of rotatable bonds is 7. The Bertz CT molecular complexity index is 388. The Kier molecular flexibility index (Phi) is 6.40. The maximum Gasteiger partial charge on any atom is 0.446 e. The third kappa shape index (κ3) is 5.37. The summed E-state index contributed by atoms with van der Waals surface area (Å²) >= 11 is -0.0738. The molecular weight excluding hydrogens is 283 g/mol. The molecule has 0 bridgehead atoms. The van der Waals surface area contributed by atoms with Gasteiger partial charge in [-0.1, -0.05) is 32.9 Å². The highest BCUT2D eigenvalue weighted by atomic mass is 32.2. The number of halogens is 3. The number of hydrogen-bond donors (Lipinski definition) is 1. The molecule has 0 atom stereocenters. The van der Waals surface area contributed by atoms with E-state index in [4.69, 9.17) is 0 Å². The summed E-state index contributed by atoms with van der Waals surface area (Å²) in [6.07, 6.45) is 3.13. The van der Waals surface area contributed by atoms with Gasteiger partial charge in [-0.05, 0) is 48.7 Å². The van der Waals surface area contributed by atoms with Crippen molar-refractivity contribution in [3.05, 3.63) is 29.8 Å². The third-order valence-corrected chi connectivity index (χ3v) is 4.59. The van der Waals surface area contributed by atoms with Crippen molar-refractivity contribution in [2.75, 3.05) is 0 Å². The van der Waals surface area contributed by atoms with Crippen molar-refractivity contribution in [1.82, 2.24) is 5.32 Å². The lowest BCUT2D eigenvalue weighted by molar-refractivity contribution is -0.0328. The van der Waals surface area contributed by atoms with Gasteiger partial charge in [0.1, 0.15) is 0 Å². The van der Waals surface area contributed by atoms with Gasteiger partial charge in [0, 0.05) is 17.0 Å². The van der Waals surface area contributed by atoms with Crippen molar-refractivity contribution in [2.45, 2.75) is 62.5 Å². The molecule has 0 amide bonds. The molecule has 0 heterocycles. The molecule has 0 aliphatic heterocycles. The van der Waals surface area contributed by atoms with E-state index < -0.39 is 5.51 Å². The first-order chi connectivity index (χ1) is 9.34. The molecule has 0 saturated heterocycles. The lowest BCUT2D eigenvalue weighted by atomic mass is 9.89. The molecule has 1 aromatic rings. The van der Waals surface area contributed by atoms with Gasteiger partial charge in [-0.15, -0.1) is 0 Å². The fourth-order valence-electron chi connectivity index (χ4n) is 2.22. The van der Waals surface area contributed by atoms with E-state index in [-0.39, 0.29) is 22.2 Å². The second-order valence-electron chi connectivity index (χ2n) is 4.89. The summed E-state index contributed by atoms with van der Waals surface area (Å²) in [7, 11) is 0. The van der Waals surface area contributed by atoms with E-state index in [2.05, 4.69) is 26.1 Å². The molecule has 0 spiro atoms. The summed E-state index contributed by atoms with van der Waals surface area (Å²) in [4.78, 5) is 0.231. The Hall–Kier alpha value is -0.680. The normalized spacial score (nSPS) is 12.7. The Balaban J connectivity index is 2.62. The summed E-state index contributed by atoms with van der Waals surface area (Å²) in [6.45, 7) is 7.15. The van der Waals surface area contributed by atoms with E-state index in [1.165, 1.54) is 12.1 Å². The quantitative estimate of drug-likeness (QED) is 0.681. The Morgan fingerprint density at radius 2 is 1.45 bits per heavy atom. The lowest BCUT2D eigenvalue weighted by Gasteiger charge is -2.32. The molecule has 0 aliphatic carbocycles. The van der Waals surface area contributed by atoms with Crippen molar-refractivity contribution >= 4 is 11.8 Å². The zero-order chi connectivity index (χ0) is 15.2. The Morgan fingerprint density at radius 1 is 0.950 bits per heavy atom. The minimum Gasteiger partial charge on any atom is -0.307 e. The molecule has 0 unspecified atom stereocenters. The molecule has 0 aliphatic rings. The summed E-state index contributed by atoms with van der Waals surface area (Å²) in [5.41, 5.74) is -3.09. The summed E-state index contributed by atoms with van der Waals surface area (Å²) in [5.74, 6) is 0. The molecule has 0 aromatic heterocycles. The molecule has 0 radical (unpaired) electrons. The van der Waals surface area contributed by atoms with E-state index in [9.17, 15) is 13.2 Å². The maximum absolute atomic E-state index is 12.2. The van der Waals surface area contributed by atoms with Crippen molar-refractivity contribution in [3.8, 4) is 0 Å². The molecule has 20 heavy (non-hydrogen) atoms. The minimum absolute atomic E-state index is 0.0738. The van der Waals surface area contributed by atoms with Gasteiger partial charge >= 0.3 is 5.51 Å². The SMILES string of the molecule is CCC(CC)(CC)NCc1ccc(SC(F)(F)F)cc1. The molecule has 0 saturated carbocycles. The van der Waals surface area contributed by atoms with Gasteiger partial charge in [-0.3, -0.25) is 0 Å². The van der Waals surface area contributed by atoms with Crippen LogP contribution in [0.15, 0.2) is 29.2 Å². The molecule has 5 heteroatoms. The van der Waals surface area contributed by atoms with Crippen LogP contribution in [0.4, 0.5) is 13.2 Å². The molecule has 0 fully saturated rings. The van der Waals surface area contributed by atoms with Gasteiger partial charge in [-0.2, -0.15) is 13.2 Å². The second-order valence-corrected chi connectivity index (χ2v) is 6.02. The van der Waals surface area contributed by atoms with Gasteiger partial charge in [0.15, 0.2) is 0 Å². The highest BCUT2D eigenvalue weighted by molar-refractivity contribution is 8.00. The molecule has 114 valence electrons. The summed E-state index contributed by atoms with van der Waals surface area (Å²) in [5, 5.41) is 3.54. The van der Waals surface area contributed by atoms with Crippen LogP contribution in [-0.4, -0.2) is 11.0 Å².